The van der Waals surface area contributed by atoms with Crippen molar-refractivity contribution in [1.82, 2.24) is 15.1 Å². The Bertz CT molecular complexity index is 1150. The lowest BCUT2D eigenvalue weighted by Gasteiger charge is -2.36. The van der Waals surface area contributed by atoms with E-state index >= 15 is 0 Å². The van der Waals surface area contributed by atoms with E-state index < -0.39 is 0 Å². The normalized spacial score (nSPS) is 14.8. The van der Waals surface area contributed by atoms with Gasteiger partial charge in [-0.25, -0.2) is 4.79 Å². The Morgan fingerprint density at radius 2 is 1.87 bits per heavy atom. The number of aromatic nitrogens is 2. The predicted octanol–water partition coefficient (Wildman–Crippen LogP) is 3.93. The zero-order valence-electron chi connectivity index (χ0n) is 17.4. The standard InChI is InChI=1S/C24H24N4O3/c1-30-24(29)17-6-8-20(9-7-17)28-12-10-27(11-13-28)16-19-15-25-26-23(19)22-14-18-4-2-3-5-21(18)31-22/h2-9,14-15H,10-13,16H2,1H3,(H,25,26). The van der Waals surface area contributed by atoms with Gasteiger partial charge in [-0.05, 0) is 36.4 Å². The summed E-state index contributed by atoms with van der Waals surface area (Å²) in [6.07, 6.45) is 1.89. The van der Waals surface area contributed by atoms with Crippen LogP contribution in [0.4, 0.5) is 5.69 Å². The Morgan fingerprint density at radius 1 is 1.10 bits per heavy atom. The van der Waals surface area contributed by atoms with Crippen LogP contribution >= 0.6 is 0 Å². The molecule has 0 saturated carbocycles. The third kappa shape index (κ3) is 3.92. The lowest BCUT2D eigenvalue weighted by atomic mass is 10.1. The molecule has 1 fully saturated rings. The average Bonchev–Trinajstić information content (AvgIpc) is 3.45. The highest BCUT2D eigenvalue weighted by atomic mass is 16.5. The summed E-state index contributed by atoms with van der Waals surface area (Å²) in [7, 11) is 1.40. The molecule has 1 aliphatic heterocycles. The Labute approximate surface area is 180 Å². The number of rotatable bonds is 5. The van der Waals surface area contributed by atoms with E-state index in [1.54, 1.807) is 0 Å². The molecule has 5 rings (SSSR count). The van der Waals surface area contributed by atoms with E-state index in [9.17, 15) is 4.79 Å². The number of nitrogens with one attached hydrogen (secondary N) is 1. The number of aromatic amines is 1. The van der Waals surface area contributed by atoms with Crippen LogP contribution < -0.4 is 4.90 Å². The van der Waals surface area contributed by atoms with Crippen molar-refractivity contribution in [3.05, 3.63) is 71.9 Å². The van der Waals surface area contributed by atoms with Gasteiger partial charge in [0.25, 0.3) is 0 Å². The van der Waals surface area contributed by atoms with Gasteiger partial charge in [-0.3, -0.25) is 10.00 Å². The Hall–Kier alpha value is -3.58. The second kappa shape index (κ2) is 8.28. The summed E-state index contributed by atoms with van der Waals surface area (Å²) in [4.78, 5) is 16.4. The first kappa shape index (κ1) is 19.4. The number of esters is 1. The number of H-pyrrole nitrogens is 1. The molecule has 0 radical (unpaired) electrons. The van der Waals surface area contributed by atoms with Gasteiger partial charge in [-0.15, -0.1) is 0 Å². The number of fused-ring (bicyclic) bond motifs is 1. The van der Waals surface area contributed by atoms with E-state index in [2.05, 4.69) is 32.1 Å². The highest BCUT2D eigenvalue weighted by molar-refractivity contribution is 5.89. The first-order valence-corrected chi connectivity index (χ1v) is 10.4. The molecule has 7 heteroatoms. The summed E-state index contributed by atoms with van der Waals surface area (Å²) < 4.78 is 10.8. The number of furan rings is 1. The molecule has 2 aromatic carbocycles. The minimum Gasteiger partial charge on any atom is -0.465 e. The molecule has 0 aliphatic carbocycles. The first-order valence-electron chi connectivity index (χ1n) is 10.4. The van der Waals surface area contributed by atoms with E-state index in [1.165, 1.54) is 7.11 Å². The van der Waals surface area contributed by atoms with Gasteiger partial charge < -0.3 is 14.1 Å². The number of piperazine rings is 1. The van der Waals surface area contributed by atoms with Crippen molar-refractivity contribution in [2.24, 2.45) is 0 Å². The summed E-state index contributed by atoms with van der Waals surface area (Å²) in [5.74, 6) is 0.509. The fourth-order valence-corrected chi connectivity index (χ4v) is 4.08. The van der Waals surface area contributed by atoms with E-state index in [1.807, 2.05) is 48.7 Å². The van der Waals surface area contributed by atoms with Gasteiger partial charge in [0.05, 0.1) is 18.9 Å². The van der Waals surface area contributed by atoms with Crippen LogP contribution in [0.25, 0.3) is 22.4 Å². The van der Waals surface area contributed by atoms with Gasteiger partial charge in [0.2, 0.25) is 0 Å². The molecule has 0 atom stereocenters. The van der Waals surface area contributed by atoms with Crippen LogP contribution in [0.2, 0.25) is 0 Å². The summed E-state index contributed by atoms with van der Waals surface area (Å²) in [5, 5.41) is 8.46. The molecule has 7 nitrogen and oxygen atoms in total. The van der Waals surface area contributed by atoms with Gasteiger partial charge in [0.15, 0.2) is 5.76 Å². The Balaban J connectivity index is 1.23. The maximum Gasteiger partial charge on any atom is 0.337 e. The number of hydrogen-bond donors (Lipinski definition) is 1. The molecule has 0 spiro atoms. The second-order valence-electron chi connectivity index (χ2n) is 7.72. The molecular formula is C24H24N4O3. The first-order chi connectivity index (χ1) is 15.2. The number of para-hydroxylation sites is 1. The van der Waals surface area contributed by atoms with Gasteiger partial charge in [0, 0.05) is 49.4 Å². The van der Waals surface area contributed by atoms with Crippen LogP contribution in [0.5, 0.6) is 0 Å². The molecule has 0 unspecified atom stereocenters. The number of carbonyl (C=O) groups is 1. The van der Waals surface area contributed by atoms with Crippen LogP contribution in [0, 0.1) is 0 Å². The summed E-state index contributed by atoms with van der Waals surface area (Å²) >= 11 is 0. The monoisotopic (exact) mass is 416 g/mol. The molecular weight excluding hydrogens is 392 g/mol. The van der Waals surface area contributed by atoms with E-state index in [0.717, 1.165) is 66.4 Å². The minimum absolute atomic E-state index is 0.309. The quantitative estimate of drug-likeness (QED) is 0.497. The van der Waals surface area contributed by atoms with Gasteiger partial charge in [-0.1, -0.05) is 18.2 Å². The van der Waals surface area contributed by atoms with Crippen molar-refractivity contribution in [1.29, 1.82) is 0 Å². The highest BCUT2D eigenvalue weighted by Gasteiger charge is 2.20. The summed E-state index contributed by atoms with van der Waals surface area (Å²) in [5.41, 5.74) is 4.65. The SMILES string of the molecule is COC(=O)c1ccc(N2CCN(Cc3cn[nH]c3-c3cc4ccccc4o3)CC2)cc1. The second-order valence-corrected chi connectivity index (χ2v) is 7.72. The zero-order valence-corrected chi connectivity index (χ0v) is 17.4. The molecule has 1 N–H and O–H groups in total. The van der Waals surface area contributed by atoms with Gasteiger partial charge in [-0.2, -0.15) is 5.10 Å². The van der Waals surface area contributed by atoms with Gasteiger partial charge >= 0.3 is 5.97 Å². The third-order valence-corrected chi connectivity index (χ3v) is 5.81. The molecule has 0 bridgehead atoms. The molecule has 3 heterocycles. The molecule has 1 saturated heterocycles. The smallest absolute Gasteiger partial charge is 0.337 e. The summed E-state index contributed by atoms with van der Waals surface area (Å²) in [6, 6.07) is 17.7. The summed E-state index contributed by atoms with van der Waals surface area (Å²) in [6.45, 7) is 4.57. The van der Waals surface area contributed by atoms with Crippen LogP contribution in [0.15, 0.2) is 65.2 Å². The van der Waals surface area contributed by atoms with Crippen molar-refractivity contribution >= 4 is 22.6 Å². The number of benzene rings is 2. The lowest BCUT2D eigenvalue weighted by molar-refractivity contribution is 0.0600. The zero-order chi connectivity index (χ0) is 21.2. The van der Waals surface area contributed by atoms with Crippen molar-refractivity contribution in [2.75, 3.05) is 38.2 Å². The number of hydrogen-bond acceptors (Lipinski definition) is 6. The number of nitrogens with zero attached hydrogens (tertiary/aromatic N) is 3. The Kier molecular flexibility index (Phi) is 5.18. The fraction of sp³-hybridized carbons (Fsp3) is 0.250. The predicted molar refractivity (Wildman–Crippen MR) is 119 cm³/mol. The fourth-order valence-electron chi connectivity index (χ4n) is 4.08. The number of carbonyl (C=O) groups excluding carboxylic acids is 1. The number of ether oxygens (including phenoxy) is 1. The van der Waals surface area contributed by atoms with Crippen LogP contribution in [-0.4, -0.2) is 54.4 Å². The maximum absolute atomic E-state index is 11.6. The highest BCUT2D eigenvalue weighted by Crippen LogP contribution is 2.29. The number of anilines is 1. The van der Waals surface area contributed by atoms with E-state index in [0.29, 0.717) is 5.56 Å². The minimum atomic E-state index is -0.309. The molecule has 1 aliphatic rings. The van der Waals surface area contributed by atoms with Crippen LogP contribution in [0.3, 0.4) is 0 Å². The van der Waals surface area contributed by atoms with Crippen LogP contribution in [0.1, 0.15) is 15.9 Å². The van der Waals surface area contributed by atoms with Crippen LogP contribution in [-0.2, 0) is 11.3 Å². The molecule has 4 aromatic rings. The van der Waals surface area contributed by atoms with Crippen molar-refractivity contribution in [3.8, 4) is 11.5 Å². The van der Waals surface area contributed by atoms with Crippen molar-refractivity contribution in [3.63, 3.8) is 0 Å². The van der Waals surface area contributed by atoms with Crippen molar-refractivity contribution < 1.29 is 13.9 Å². The molecule has 158 valence electrons. The van der Waals surface area contributed by atoms with Crippen molar-refractivity contribution in [2.45, 2.75) is 6.54 Å². The average molecular weight is 416 g/mol. The Morgan fingerprint density at radius 3 is 2.61 bits per heavy atom. The van der Waals surface area contributed by atoms with Gasteiger partial charge in [0.1, 0.15) is 11.3 Å². The largest absolute Gasteiger partial charge is 0.465 e. The molecule has 2 aromatic heterocycles. The van der Waals surface area contributed by atoms with E-state index in [-0.39, 0.29) is 5.97 Å². The molecule has 0 amide bonds. The lowest BCUT2D eigenvalue weighted by Crippen LogP contribution is -2.46. The topological polar surface area (TPSA) is 74.6 Å². The number of methoxy groups -OCH3 is 1. The third-order valence-electron chi connectivity index (χ3n) is 5.81. The molecule has 31 heavy (non-hydrogen) atoms. The van der Waals surface area contributed by atoms with E-state index in [4.69, 9.17) is 9.15 Å². The maximum atomic E-state index is 11.6.